The van der Waals surface area contributed by atoms with Gasteiger partial charge >= 0.3 is 0 Å². The molecule has 4 aromatic rings. The lowest BCUT2D eigenvalue weighted by atomic mass is 10.0. The first kappa shape index (κ1) is 17.1. The molecule has 0 radical (unpaired) electrons. The summed E-state index contributed by atoms with van der Waals surface area (Å²) in [6, 6.07) is 25.6. The van der Waals surface area contributed by atoms with E-state index in [1.807, 2.05) is 0 Å². The molecule has 0 saturated carbocycles. The Balaban J connectivity index is 1.64. The fourth-order valence-electron chi connectivity index (χ4n) is 3.36. The third-order valence-corrected chi connectivity index (χ3v) is 4.54. The highest BCUT2D eigenvalue weighted by atomic mass is 14.9. The molecule has 0 N–H and O–H groups in total. The number of rotatable bonds is 6. The summed E-state index contributed by atoms with van der Waals surface area (Å²) < 4.78 is 6.65. The van der Waals surface area contributed by atoms with Crippen LogP contribution in [0.1, 0.15) is 16.7 Å². The number of hydrogen-bond donors (Lipinski definition) is 0. The average Bonchev–Trinajstić information content (AvgIpc) is 2.70. The van der Waals surface area contributed by atoms with E-state index in [1.54, 1.807) is 0 Å². The molecule has 3 aromatic heterocycles. The van der Waals surface area contributed by atoms with Gasteiger partial charge in [-0.05, 0) is 18.2 Å². The van der Waals surface area contributed by atoms with Crippen LogP contribution in [0.3, 0.4) is 0 Å². The summed E-state index contributed by atoms with van der Waals surface area (Å²) in [6.07, 6.45) is 12.7. The Morgan fingerprint density at radius 3 is 0.889 bits per heavy atom. The van der Waals surface area contributed by atoms with E-state index in [1.165, 1.54) is 16.7 Å². The fraction of sp³-hybridized carbons (Fsp3) is 0.125. The van der Waals surface area contributed by atoms with Gasteiger partial charge in [0.25, 0.3) is 0 Å². The Hall–Kier alpha value is -3.33. The molecule has 0 bridgehead atoms. The Labute approximate surface area is 160 Å². The van der Waals surface area contributed by atoms with E-state index in [0.29, 0.717) is 0 Å². The molecule has 3 heterocycles. The van der Waals surface area contributed by atoms with Crippen LogP contribution >= 0.6 is 0 Å². The van der Waals surface area contributed by atoms with Crippen LogP contribution in [-0.4, -0.2) is 0 Å². The maximum atomic E-state index is 2.32. The number of hydrogen-bond acceptors (Lipinski definition) is 0. The van der Waals surface area contributed by atoms with E-state index < -0.39 is 0 Å². The van der Waals surface area contributed by atoms with Crippen molar-refractivity contribution in [1.29, 1.82) is 0 Å². The van der Waals surface area contributed by atoms with Gasteiger partial charge in [0.15, 0.2) is 56.8 Å². The summed E-state index contributed by atoms with van der Waals surface area (Å²) in [7, 11) is 0. The van der Waals surface area contributed by atoms with Crippen LogP contribution in [0.5, 0.6) is 0 Å². The standard InChI is InChI=1S/C24H24N3/c1-4-10-25(11-5-1)19-22-16-23(20-26-12-6-2-7-13-26)18-24(17-22)21-27-14-8-3-9-15-27/h1-18H,19-21H2/q+3. The van der Waals surface area contributed by atoms with Gasteiger partial charge in [0, 0.05) is 53.1 Å². The van der Waals surface area contributed by atoms with Crippen molar-refractivity contribution in [3.05, 3.63) is 127 Å². The summed E-state index contributed by atoms with van der Waals surface area (Å²) >= 11 is 0. The number of nitrogens with zero attached hydrogens (tertiary/aromatic N) is 3. The van der Waals surface area contributed by atoms with Crippen LogP contribution in [0.4, 0.5) is 0 Å². The van der Waals surface area contributed by atoms with E-state index in [9.17, 15) is 0 Å². The zero-order chi connectivity index (χ0) is 18.3. The van der Waals surface area contributed by atoms with Gasteiger partial charge in [0.2, 0.25) is 0 Å². The predicted molar refractivity (Wildman–Crippen MR) is 104 cm³/mol. The summed E-state index contributed by atoms with van der Waals surface area (Å²) in [6.45, 7) is 2.63. The molecule has 0 saturated heterocycles. The minimum absolute atomic E-state index is 0.876. The maximum absolute atomic E-state index is 2.32. The van der Waals surface area contributed by atoms with Crippen molar-refractivity contribution in [2.24, 2.45) is 0 Å². The lowest BCUT2D eigenvalue weighted by molar-refractivity contribution is -0.690. The van der Waals surface area contributed by atoms with Crippen LogP contribution in [0, 0.1) is 0 Å². The number of pyridine rings is 3. The molecule has 0 amide bonds. The first-order valence-corrected chi connectivity index (χ1v) is 9.29. The Bertz CT molecular complexity index is 839. The molecule has 1 aromatic carbocycles. The maximum Gasteiger partial charge on any atom is 0.173 e. The molecule has 0 fully saturated rings. The van der Waals surface area contributed by atoms with Crippen molar-refractivity contribution in [2.75, 3.05) is 0 Å². The van der Waals surface area contributed by atoms with Crippen molar-refractivity contribution in [3.63, 3.8) is 0 Å². The molecule has 4 rings (SSSR count). The zero-order valence-electron chi connectivity index (χ0n) is 15.4. The number of aromatic nitrogens is 3. The second kappa shape index (κ2) is 8.37. The predicted octanol–water partition coefficient (Wildman–Crippen LogP) is 2.69. The Morgan fingerprint density at radius 1 is 0.370 bits per heavy atom. The molecular formula is C24H24N3+3. The monoisotopic (exact) mass is 354 g/mol. The van der Waals surface area contributed by atoms with Gasteiger partial charge < -0.3 is 0 Å². The summed E-state index contributed by atoms with van der Waals surface area (Å²) in [5.41, 5.74) is 3.98. The van der Waals surface area contributed by atoms with E-state index >= 15 is 0 Å². The Morgan fingerprint density at radius 2 is 0.630 bits per heavy atom. The minimum atomic E-state index is 0.876. The van der Waals surface area contributed by atoms with E-state index in [-0.39, 0.29) is 0 Å². The minimum Gasteiger partial charge on any atom is -0.201 e. The average molecular weight is 354 g/mol. The molecule has 3 heteroatoms. The van der Waals surface area contributed by atoms with Gasteiger partial charge in [-0.2, -0.15) is 0 Å². The van der Waals surface area contributed by atoms with Gasteiger partial charge in [-0.15, -0.1) is 0 Å². The van der Waals surface area contributed by atoms with Crippen molar-refractivity contribution in [1.82, 2.24) is 0 Å². The molecular weight excluding hydrogens is 330 g/mol. The van der Waals surface area contributed by atoms with Crippen LogP contribution in [0.2, 0.25) is 0 Å². The van der Waals surface area contributed by atoms with Crippen molar-refractivity contribution >= 4 is 0 Å². The summed E-state index contributed by atoms with van der Waals surface area (Å²) in [5.74, 6) is 0. The van der Waals surface area contributed by atoms with Gasteiger partial charge in [-0.3, -0.25) is 0 Å². The van der Waals surface area contributed by atoms with Crippen molar-refractivity contribution < 1.29 is 13.7 Å². The highest BCUT2D eigenvalue weighted by molar-refractivity contribution is 5.29. The van der Waals surface area contributed by atoms with Crippen LogP contribution < -0.4 is 13.7 Å². The molecule has 0 unspecified atom stereocenters. The molecule has 0 atom stereocenters. The smallest absolute Gasteiger partial charge is 0.173 e. The highest BCUT2D eigenvalue weighted by Gasteiger charge is 2.11. The SMILES string of the molecule is c1cc[n+](Cc2cc(C[n+]3ccccc3)cc(C[n+]3ccccc3)c2)cc1. The zero-order valence-corrected chi connectivity index (χ0v) is 15.4. The molecule has 0 aliphatic heterocycles. The molecule has 0 aliphatic carbocycles. The molecule has 132 valence electrons. The third kappa shape index (κ3) is 4.85. The second-order valence-corrected chi connectivity index (χ2v) is 6.80. The summed E-state index contributed by atoms with van der Waals surface area (Å²) in [4.78, 5) is 0. The molecule has 3 nitrogen and oxygen atoms in total. The van der Waals surface area contributed by atoms with Crippen LogP contribution in [-0.2, 0) is 19.6 Å². The van der Waals surface area contributed by atoms with Crippen LogP contribution in [0.25, 0.3) is 0 Å². The number of benzene rings is 1. The van der Waals surface area contributed by atoms with Gasteiger partial charge in [0.05, 0.1) is 0 Å². The quantitative estimate of drug-likeness (QED) is 0.472. The van der Waals surface area contributed by atoms with Gasteiger partial charge in [0.1, 0.15) is 0 Å². The van der Waals surface area contributed by atoms with E-state index in [0.717, 1.165) is 19.6 Å². The fourth-order valence-corrected chi connectivity index (χ4v) is 3.36. The van der Waals surface area contributed by atoms with Crippen molar-refractivity contribution in [2.45, 2.75) is 19.6 Å². The largest absolute Gasteiger partial charge is 0.201 e. The third-order valence-electron chi connectivity index (χ3n) is 4.54. The van der Waals surface area contributed by atoms with Crippen LogP contribution in [0.15, 0.2) is 110 Å². The highest BCUT2D eigenvalue weighted by Crippen LogP contribution is 2.11. The lowest BCUT2D eigenvalue weighted by Gasteiger charge is -2.06. The van der Waals surface area contributed by atoms with Crippen molar-refractivity contribution in [3.8, 4) is 0 Å². The van der Waals surface area contributed by atoms with Gasteiger partial charge in [-0.1, -0.05) is 18.2 Å². The van der Waals surface area contributed by atoms with E-state index in [4.69, 9.17) is 0 Å². The summed E-state index contributed by atoms with van der Waals surface area (Å²) in [5, 5.41) is 0. The Kier molecular flexibility index (Phi) is 5.30. The first-order chi connectivity index (χ1) is 13.3. The van der Waals surface area contributed by atoms with Gasteiger partial charge in [-0.25, -0.2) is 13.7 Å². The first-order valence-electron chi connectivity index (χ1n) is 9.29. The lowest BCUT2D eigenvalue weighted by Crippen LogP contribution is -2.35. The molecule has 27 heavy (non-hydrogen) atoms. The van der Waals surface area contributed by atoms with E-state index in [2.05, 4.69) is 124 Å². The second-order valence-electron chi connectivity index (χ2n) is 6.80. The molecule has 0 aliphatic rings. The topological polar surface area (TPSA) is 11.6 Å². The normalized spacial score (nSPS) is 10.7. The molecule has 0 spiro atoms.